The first-order valence-corrected chi connectivity index (χ1v) is 9.39. The predicted molar refractivity (Wildman–Crippen MR) is 104 cm³/mol. The molecule has 1 fully saturated rings. The van der Waals surface area contributed by atoms with Gasteiger partial charge in [-0.25, -0.2) is 0 Å². The van der Waals surface area contributed by atoms with E-state index in [1.165, 1.54) is 32.1 Å². The van der Waals surface area contributed by atoms with Gasteiger partial charge in [0.1, 0.15) is 5.75 Å². The van der Waals surface area contributed by atoms with Crippen molar-refractivity contribution in [2.24, 2.45) is 11.8 Å². The van der Waals surface area contributed by atoms with Crippen LogP contribution >= 0.6 is 0 Å². The summed E-state index contributed by atoms with van der Waals surface area (Å²) in [5, 5.41) is 0. The van der Waals surface area contributed by atoms with E-state index in [4.69, 9.17) is 4.74 Å². The lowest BCUT2D eigenvalue weighted by molar-refractivity contribution is 0.304. The summed E-state index contributed by atoms with van der Waals surface area (Å²) in [4.78, 5) is 0. The minimum atomic E-state index is 0.738. The summed E-state index contributed by atoms with van der Waals surface area (Å²) in [6.45, 7) is 5.19. The van der Waals surface area contributed by atoms with E-state index in [0.29, 0.717) is 0 Å². The Hall–Kier alpha value is -1.94. The smallest absolute Gasteiger partial charge is 0.119 e. The molecule has 0 heterocycles. The topological polar surface area (TPSA) is 9.23 Å². The van der Waals surface area contributed by atoms with Crippen molar-refractivity contribution < 1.29 is 4.74 Å². The van der Waals surface area contributed by atoms with Crippen LogP contribution in [0, 0.1) is 23.7 Å². The molecule has 0 unspecified atom stereocenters. The van der Waals surface area contributed by atoms with Gasteiger partial charge in [-0.2, -0.15) is 0 Å². The highest BCUT2D eigenvalue weighted by molar-refractivity contribution is 5.54. The van der Waals surface area contributed by atoms with Gasteiger partial charge in [-0.3, -0.25) is 0 Å². The van der Waals surface area contributed by atoms with Gasteiger partial charge in [-0.15, -0.1) is 0 Å². The first kappa shape index (κ1) is 18.4. The molecule has 0 spiro atoms. The molecule has 2 rings (SSSR count). The maximum Gasteiger partial charge on any atom is 0.119 e. The molecule has 1 nitrogen and oxygen atoms in total. The van der Waals surface area contributed by atoms with Gasteiger partial charge in [0, 0.05) is 0 Å². The average molecular weight is 322 g/mol. The largest absolute Gasteiger partial charge is 0.494 e. The zero-order valence-corrected chi connectivity index (χ0v) is 15.1. The number of hydrogen-bond donors (Lipinski definition) is 0. The fourth-order valence-electron chi connectivity index (χ4n) is 3.10. The molecular weight excluding hydrogens is 292 g/mol. The van der Waals surface area contributed by atoms with Crippen LogP contribution in [-0.4, -0.2) is 6.61 Å². The van der Waals surface area contributed by atoms with E-state index in [2.05, 4.69) is 43.9 Å². The molecule has 1 aromatic rings. The number of hydrogen-bond acceptors (Lipinski definition) is 1. The molecule has 1 aliphatic rings. The molecule has 1 heteroatoms. The average Bonchev–Trinajstić information content (AvgIpc) is 2.64. The minimum Gasteiger partial charge on any atom is -0.494 e. The molecule has 1 aliphatic carbocycles. The molecule has 0 saturated heterocycles. The summed E-state index contributed by atoms with van der Waals surface area (Å²) in [6, 6.07) is 8.14. The molecule has 24 heavy (non-hydrogen) atoms. The third kappa shape index (κ3) is 6.67. The molecule has 1 saturated carbocycles. The van der Waals surface area contributed by atoms with Gasteiger partial charge in [0.25, 0.3) is 0 Å². The number of benzene rings is 1. The first-order chi connectivity index (χ1) is 11.8. The molecular formula is C23H30O. The Morgan fingerprint density at radius 1 is 1.00 bits per heavy atom. The van der Waals surface area contributed by atoms with Crippen molar-refractivity contribution >= 4 is 6.08 Å². The summed E-state index contributed by atoms with van der Waals surface area (Å²) in [6.07, 6.45) is 16.1. The molecule has 1 aromatic carbocycles. The molecule has 0 aliphatic heterocycles. The molecule has 0 bridgehead atoms. The van der Waals surface area contributed by atoms with Crippen LogP contribution in [0.5, 0.6) is 5.75 Å². The molecule has 0 radical (unpaired) electrons. The van der Waals surface area contributed by atoms with Gasteiger partial charge in [0.15, 0.2) is 0 Å². The van der Waals surface area contributed by atoms with E-state index in [9.17, 15) is 0 Å². The Morgan fingerprint density at radius 3 is 2.38 bits per heavy atom. The third-order valence-electron chi connectivity index (χ3n) is 4.72. The Labute approximate surface area is 147 Å². The van der Waals surface area contributed by atoms with Crippen LogP contribution in [0.3, 0.4) is 0 Å². The second kappa shape index (κ2) is 10.8. The Morgan fingerprint density at radius 2 is 1.71 bits per heavy atom. The van der Waals surface area contributed by atoms with E-state index in [1.54, 1.807) is 0 Å². The monoisotopic (exact) mass is 322 g/mol. The maximum absolute atomic E-state index is 5.58. The van der Waals surface area contributed by atoms with Crippen LogP contribution in [0.15, 0.2) is 42.5 Å². The lowest BCUT2D eigenvalue weighted by Gasteiger charge is -2.25. The predicted octanol–water partition coefficient (Wildman–Crippen LogP) is 6.26. The Kier molecular flexibility index (Phi) is 8.25. The van der Waals surface area contributed by atoms with Gasteiger partial charge in [0.05, 0.1) is 6.61 Å². The molecule has 128 valence electrons. The summed E-state index contributed by atoms with van der Waals surface area (Å²) in [5.41, 5.74) is 1.15. The van der Waals surface area contributed by atoms with Crippen LogP contribution in [0.4, 0.5) is 0 Å². The van der Waals surface area contributed by atoms with Gasteiger partial charge < -0.3 is 4.74 Å². The second-order valence-electron chi connectivity index (χ2n) is 6.59. The zero-order chi connectivity index (χ0) is 17.0. The minimum absolute atomic E-state index is 0.738. The van der Waals surface area contributed by atoms with Crippen molar-refractivity contribution in [1.82, 2.24) is 0 Å². The molecule has 0 amide bonds. The van der Waals surface area contributed by atoms with Crippen molar-refractivity contribution in [2.45, 2.75) is 52.4 Å². The first-order valence-electron chi connectivity index (χ1n) is 9.39. The number of rotatable bonds is 6. The van der Waals surface area contributed by atoms with E-state index in [0.717, 1.165) is 36.2 Å². The number of allylic oxidation sites excluding steroid dienone is 3. The summed E-state index contributed by atoms with van der Waals surface area (Å²) < 4.78 is 5.58. The second-order valence-corrected chi connectivity index (χ2v) is 6.59. The highest BCUT2D eigenvalue weighted by atomic mass is 16.5. The summed E-state index contributed by atoms with van der Waals surface area (Å²) in [5.74, 6) is 8.85. The highest BCUT2D eigenvalue weighted by Gasteiger charge is 2.17. The fraction of sp³-hybridized carbons (Fsp3) is 0.478. The normalized spacial score (nSPS) is 20.9. The van der Waals surface area contributed by atoms with E-state index in [1.807, 2.05) is 30.4 Å². The van der Waals surface area contributed by atoms with Gasteiger partial charge in [-0.05, 0) is 79.9 Å². The quantitative estimate of drug-likeness (QED) is 0.561. The van der Waals surface area contributed by atoms with E-state index in [-0.39, 0.29) is 0 Å². The van der Waals surface area contributed by atoms with Crippen LogP contribution in [-0.2, 0) is 0 Å². The summed E-state index contributed by atoms with van der Waals surface area (Å²) >= 11 is 0. The van der Waals surface area contributed by atoms with Crippen molar-refractivity contribution in [3.05, 3.63) is 48.1 Å². The van der Waals surface area contributed by atoms with Crippen molar-refractivity contribution in [3.63, 3.8) is 0 Å². The van der Waals surface area contributed by atoms with Crippen molar-refractivity contribution in [1.29, 1.82) is 0 Å². The van der Waals surface area contributed by atoms with E-state index >= 15 is 0 Å². The maximum atomic E-state index is 5.58. The Balaban J connectivity index is 1.74. The Bertz CT molecular complexity index is 575. The number of ether oxygens (including phenoxy) is 1. The van der Waals surface area contributed by atoms with Gasteiger partial charge >= 0.3 is 0 Å². The van der Waals surface area contributed by atoms with Crippen molar-refractivity contribution in [3.8, 4) is 17.6 Å². The van der Waals surface area contributed by atoms with Crippen LogP contribution in [0.1, 0.15) is 57.9 Å². The van der Waals surface area contributed by atoms with Crippen LogP contribution in [0.2, 0.25) is 0 Å². The van der Waals surface area contributed by atoms with Gasteiger partial charge in [-0.1, -0.05) is 50.3 Å². The van der Waals surface area contributed by atoms with Crippen LogP contribution < -0.4 is 4.74 Å². The molecule has 0 atom stereocenters. The van der Waals surface area contributed by atoms with Gasteiger partial charge in [0.2, 0.25) is 0 Å². The lowest BCUT2D eigenvalue weighted by atomic mass is 9.81. The SMILES string of the molecule is CCCOc1ccc(/C=C/C#C/C=C/[C@H]2CC[C@H](CC)CC2)cc1. The third-order valence-corrected chi connectivity index (χ3v) is 4.72. The zero-order valence-electron chi connectivity index (χ0n) is 15.1. The molecule has 0 aromatic heterocycles. The standard InChI is InChI=1S/C23H30O/c1-3-19-24-23-17-15-22(16-18-23)10-8-6-5-7-9-21-13-11-20(4-2)12-14-21/h7-10,15-18,20-21H,3-4,11-14,19H2,1-2H3/b9-7+,10-8+/t20-,21-. The van der Waals surface area contributed by atoms with Crippen LogP contribution in [0.25, 0.3) is 6.08 Å². The van der Waals surface area contributed by atoms with Crippen molar-refractivity contribution in [2.75, 3.05) is 6.61 Å². The summed E-state index contributed by atoms with van der Waals surface area (Å²) in [7, 11) is 0. The molecule has 0 N–H and O–H groups in total. The lowest BCUT2D eigenvalue weighted by Crippen LogP contribution is -2.11. The highest BCUT2D eigenvalue weighted by Crippen LogP contribution is 2.31. The fourth-order valence-corrected chi connectivity index (χ4v) is 3.10. The van der Waals surface area contributed by atoms with E-state index < -0.39 is 0 Å².